The average Bonchev–Trinajstić information content (AvgIpc) is 2.48. The summed E-state index contributed by atoms with van der Waals surface area (Å²) in [7, 11) is 0. The normalized spacial score (nSPS) is 23.5. The Balaban J connectivity index is 2.07. The summed E-state index contributed by atoms with van der Waals surface area (Å²) in [5.74, 6) is -0.228. The van der Waals surface area contributed by atoms with Gasteiger partial charge in [-0.1, -0.05) is 0 Å². The van der Waals surface area contributed by atoms with Gasteiger partial charge in [-0.2, -0.15) is 0 Å². The number of amides is 2. The summed E-state index contributed by atoms with van der Waals surface area (Å²) in [6.07, 6.45) is 4.27. The smallest absolute Gasteiger partial charge is 0.275 e. The molecule has 1 saturated heterocycles. The van der Waals surface area contributed by atoms with E-state index >= 15 is 0 Å². The van der Waals surface area contributed by atoms with Gasteiger partial charge in [-0.05, 0) is 31.4 Å². The third-order valence-electron chi connectivity index (χ3n) is 3.33. The molecule has 2 aliphatic rings. The van der Waals surface area contributed by atoms with E-state index in [0.29, 0.717) is 17.9 Å². The molecular formula is C12H13N3O2. The fraction of sp³-hybridized carbons (Fsp3) is 0.417. The van der Waals surface area contributed by atoms with E-state index in [0.717, 1.165) is 19.3 Å². The van der Waals surface area contributed by atoms with Crippen molar-refractivity contribution in [2.45, 2.75) is 25.3 Å². The van der Waals surface area contributed by atoms with E-state index in [1.165, 1.54) is 0 Å². The van der Waals surface area contributed by atoms with Crippen LogP contribution in [-0.4, -0.2) is 34.3 Å². The van der Waals surface area contributed by atoms with Crippen molar-refractivity contribution in [3.63, 3.8) is 0 Å². The predicted octanol–water partition coefficient (Wildman–Crippen LogP) is 1.03. The first-order valence-corrected chi connectivity index (χ1v) is 5.84. The van der Waals surface area contributed by atoms with Crippen LogP contribution in [-0.2, 0) is 4.79 Å². The first-order chi connectivity index (χ1) is 8.27. The Bertz CT molecular complexity index is 486. The molecule has 1 fully saturated rings. The highest BCUT2D eigenvalue weighted by atomic mass is 16.2. The summed E-state index contributed by atoms with van der Waals surface area (Å²) in [6, 6.07) is 3.11. The van der Waals surface area contributed by atoms with Crippen molar-refractivity contribution in [2.75, 3.05) is 11.9 Å². The van der Waals surface area contributed by atoms with Gasteiger partial charge in [0.1, 0.15) is 6.04 Å². The molecule has 88 valence electrons. The molecule has 1 aromatic rings. The second kappa shape index (κ2) is 3.84. The number of rotatable bonds is 0. The molecular weight excluding hydrogens is 218 g/mol. The fourth-order valence-corrected chi connectivity index (χ4v) is 2.48. The standard InChI is InChI=1S/C12H13N3O2/c16-11-9-5-1-2-7-15(9)12(17)10-8(14-11)4-3-6-13-10/h3-4,6,9H,1-2,5,7H2,(H,14,16). The van der Waals surface area contributed by atoms with Crippen LogP contribution in [0.25, 0.3) is 0 Å². The maximum absolute atomic E-state index is 12.3. The van der Waals surface area contributed by atoms with Gasteiger partial charge >= 0.3 is 0 Å². The number of pyridine rings is 1. The number of anilines is 1. The Morgan fingerprint density at radius 3 is 3.12 bits per heavy atom. The van der Waals surface area contributed by atoms with E-state index in [1.54, 1.807) is 23.2 Å². The molecule has 0 spiro atoms. The molecule has 1 aromatic heterocycles. The van der Waals surface area contributed by atoms with Gasteiger partial charge in [-0.25, -0.2) is 4.98 Å². The van der Waals surface area contributed by atoms with E-state index in [2.05, 4.69) is 10.3 Å². The molecule has 2 aliphatic heterocycles. The number of aromatic nitrogens is 1. The second-order valence-corrected chi connectivity index (χ2v) is 4.40. The Hall–Kier alpha value is -1.91. The number of nitrogens with one attached hydrogen (secondary N) is 1. The number of hydrogen-bond acceptors (Lipinski definition) is 3. The zero-order chi connectivity index (χ0) is 11.8. The molecule has 1 atom stereocenters. The summed E-state index contributed by atoms with van der Waals surface area (Å²) >= 11 is 0. The minimum absolute atomic E-state index is 0.0928. The lowest BCUT2D eigenvalue weighted by Crippen LogP contribution is -2.48. The van der Waals surface area contributed by atoms with Crippen molar-refractivity contribution in [3.05, 3.63) is 24.0 Å². The quantitative estimate of drug-likeness (QED) is 0.725. The van der Waals surface area contributed by atoms with Gasteiger partial charge in [0.2, 0.25) is 5.91 Å². The molecule has 3 heterocycles. The predicted molar refractivity (Wildman–Crippen MR) is 61.5 cm³/mol. The van der Waals surface area contributed by atoms with E-state index in [1.807, 2.05) is 0 Å². The topological polar surface area (TPSA) is 62.3 Å². The first kappa shape index (κ1) is 10.3. The number of hydrogen-bond donors (Lipinski definition) is 1. The molecule has 1 N–H and O–H groups in total. The Morgan fingerprint density at radius 2 is 2.24 bits per heavy atom. The van der Waals surface area contributed by atoms with Gasteiger partial charge < -0.3 is 10.2 Å². The number of carbonyl (C=O) groups is 2. The monoisotopic (exact) mass is 231 g/mol. The SMILES string of the molecule is O=C1Nc2cccnc2C(=O)N2CCCCC12. The highest BCUT2D eigenvalue weighted by Gasteiger charge is 2.37. The van der Waals surface area contributed by atoms with Crippen molar-refractivity contribution in [2.24, 2.45) is 0 Å². The van der Waals surface area contributed by atoms with Crippen LogP contribution in [0.2, 0.25) is 0 Å². The summed E-state index contributed by atoms with van der Waals surface area (Å²) in [5.41, 5.74) is 0.877. The lowest BCUT2D eigenvalue weighted by Gasteiger charge is -2.32. The van der Waals surface area contributed by atoms with Crippen LogP contribution in [0.4, 0.5) is 5.69 Å². The molecule has 0 radical (unpaired) electrons. The van der Waals surface area contributed by atoms with Crippen LogP contribution in [0.3, 0.4) is 0 Å². The van der Waals surface area contributed by atoms with Gasteiger partial charge in [-0.15, -0.1) is 0 Å². The average molecular weight is 231 g/mol. The molecule has 0 aliphatic carbocycles. The van der Waals surface area contributed by atoms with Crippen LogP contribution in [0.15, 0.2) is 18.3 Å². The van der Waals surface area contributed by atoms with Crippen LogP contribution >= 0.6 is 0 Å². The van der Waals surface area contributed by atoms with Crippen molar-refractivity contribution in [3.8, 4) is 0 Å². The van der Waals surface area contributed by atoms with E-state index in [4.69, 9.17) is 0 Å². The number of piperidine rings is 1. The molecule has 2 amide bonds. The molecule has 0 saturated carbocycles. The fourth-order valence-electron chi connectivity index (χ4n) is 2.48. The summed E-state index contributed by atoms with van der Waals surface area (Å²) < 4.78 is 0. The maximum atomic E-state index is 12.3. The highest BCUT2D eigenvalue weighted by Crippen LogP contribution is 2.26. The molecule has 5 heteroatoms. The maximum Gasteiger partial charge on any atom is 0.275 e. The first-order valence-electron chi connectivity index (χ1n) is 5.84. The molecule has 5 nitrogen and oxygen atoms in total. The van der Waals surface area contributed by atoms with Crippen LogP contribution in [0, 0.1) is 0 Å². The second-order valence-electron chi connectivity index (χ2n) is 4.40. The van der Waals surface area contributed by atoms with Crippen molar-refractivity contribution < 1.29 is 9.59 Å². The van der Waals surface area contributed by atoms with Crippen LogP contribution in [0.1, 0.15) is 29.8 Å². The summed E-state index contributed by atoms with van der Waals surface area (Å²) in [6.45, 7) is 0.646. The van der Waals surface area contributed by atoms with Gasteiger partial charge in [-0.3, -0.25) is 9.59 Å². The Morgan fingerprint density at radius 1 is 1.35 bits per heavy atom. The minimum Gasteiger partial charge on any atom is -0.325 e. The molecule has 1 unspecified atom stereocenters. The van der Waals surface area contributed by atoms with Gasteiger partial charge in [0.05, 0.1) is 5.69 Å². The third-order valence-corrected chi connectivity index (χ3v) is 3.33. The Labute approximate surface area is 98.8 Å². The van der Waals surface area contributed by atoms with E-state index in [-0.39, 0.29) is 17.9 Å². The molecule has 17 heavy (non-hydrogen) atoms. The van der Waals surface area contributed by atoms with Crippen molar-refractivity contribution in [1.29, 1.82) is 0 Å². The van der Waals surface area contributed by atoms with Gasteiger partial charge in [0, 0.05) is 12.7 Å². The van der Waals surface area contributed by atoms with Crippen LogP contribution in [0.5, 0.6) is 0 Å². The largest absolute Gasteiger partial charge is 0.325 e. The summed E-state index contributed by atoms with van der Waals surface area (Å²) in [4.78, 5) is 30.0. The number of nitrogens with zero attached hydrogens (tertiary/aromatic N) is 2. The van der Waals surface area contributed by atoms with E-state index < -0.39 is 0 Å². The zero-order valence-electron chi connectivity index (χ0n) is 9.35. The summed E-state index contributed by atoms with van der Waals surface area (Å²) in [5, 5.41) is 2.79. The van der Waals surface area contributed by atoms with Crippen LogP contribution < -0.4 is 5.32 Å². The highest BCUT2D eigenvalue weighted by molar-refractivity contribution is 6.08. The molecule has 0 bridgehead atoms. The van der Waals surface area contributed by atoms with Gasteiger partial charge in [0.15, 0.2) is 5.69 Å². The Kier molecular flexibility index (Phi) is 2.31. The lowest BCUT2D eigenvalue weighted by molar-refractivity contribution is -0.121. The molecule has 3 rings (SSSR count). The number of fused-ring (bicyclic) bond motifs is 2. The number of carbonyl (C=O) groups excluding carboxylic acids is 2. The van der Waals surface area contributed by atoms with Crippen molar-refractivity contribution in [1.82, 2.24) is 9.88 Å². The minimum atomic E-state index is -0.328. The van der Waals surface area contributed by atoms with Gasteiger partial charge in [0.25, 0.3) is 5.91 Å². The lowest BCUT2D eigenvalue weighted by atomic mass is 10.0. The van der Waals surface area contributed by atoms with E-state index in [9.17, 15) is 9.59 Å². The van der Waals surface area contributed by atoms with Crippen molar-refractivity contribution >= 4 is 17.5 Å². The zero-order valence-corrected chi connectivity index (χ0v) is 9.35. The molecule has 0 aromatic carbocycles. The third kappa shape index (κ3) is 1.58.